The van der Waals surface area contributed by atoms with Gasteiger partial charge in [0.1, 0.15) is 5.75 Å². The first kappa shape index (κ1) is 16.9. The molecule has 1 N–H and O–H groups in total. The molecule has 1 aromatic carbocycles. The van der Waals surface area contributed by atoms with Crippen LogP contribution in [0.5, 0.6) is 5.75 Å². The fraction of sp³-hybridized carbons (Fsp3) is 0.667. The van der Waals surface area contributed by atoms with E-state index in [2.05, 4.69) is 31.3 Å². The molecule has 1 aromatic rings. The molecule has 3 fully saturated rings. The van der Waals surface area contributed by atoms with Crippen LogP contribution in [0.15, 0.2) is 24.3 Å². The number of ether oxygens (including phenoxy) is 2. The maximum Gasteiger partial charge on any atom is 0.217 e. The molecule has 4 nitrogen and oxygen atoms in total. The lowest BCUT2D eigenvalue weighted by molar-refractivity contribution is -0.136. The molecule has 1 heterocycles. The van der Waals surface area contributed by atoms with Crippen molar-refractivity contribution in [3.8, 4) is 5.75 Å². The van der Waals surface area contributed by atoms with Crippen molar-refractivity contribution in [2.24, 2.45) is 22.7 Å². The van der Waals surface area contributed by atoms with Gasteiger partial charge in [-0.05, 0) is 48.0 Å². The molecule has 0 radical (unpaired) electrons. The maximum absolute atomic E-state index is 11.9. The zero-order valence-corrected chi connectivity index (χ0v) is 15.7. The molecule has 1 aliphatic heterocycles. The molecule has 5 atom stereocenters. The van der Waals surface area contributed by atoms with Crippen molar-refractivity contribution in [1.29, 1.82) is 0 Å². The Morgan fingerprint density at radius 3 is 2.80 bits per heavy atom. The second kappa shape index (κ2) is 5.73. The number of carbonyl (C=O) groups is 1. The third-order valence-corrected chi connectivity index (χ3v) is 7.30. The Kier molecular flexibility index (Phi) is 3.87. The van der Waals surface area contributed by atoms with Gasteiger partial charge < -0.3 is 14.8 Å². The first-order valence-electron chi connectivity index (χ1n) is 9.42. The van der Waals surface area contributed by atoms with E-state index in [1.165, 1.54) is 12.8 Å². The molecule has 3 aliphatic rings. The van der Waals surface area contributed by atoms with Gasteiger partial charge in [0.25, 0.3) is 0 Å². The van der Waals surface area contributed by atoms with Crippen LogP contribution in [0, 0.1) is 22.7 Å². The molecule has 1 saturated heterocycles. The minimum atomic E-state index is 0.0576. The van der Waals surface area contributed by atoms with Crippen LogP contribution in [0.2, 0.25) is 0 Å². The van der Waals surface area contributed by atoms with Crippen LogP contribution in [0.25, 0.3) is 0 Å². The van der Waals surface area contributed by atoms with E-state index >= 15 is 0 Å². The van der Waals surface area contributed by atoms with Crippen molar-refractivity contribution in [3.05, 3.63) is 29.8 Å². The number of para-hydroxylation sites is 1. The molecule has 2 aliphatic carbocycles. The molecule has 0 aromatic heterocycles. The summed E-state index contributed by atoms with van der Waals surface area (Å²) >= 11 is 0. The van der Waals surface area contributed by atoms with Crippen molar-refractivity contribution in [1.82, 2.24) is 5.32 Å². The second-order valence-corrected chi connectivity index (χ2v) is 8.71. The zero-order valence-electron chi connectivity index (χ0n) is 15.7. The predicted molar refractivity (Wildman–Crippen MR) is 96.3 cm³/mol. The molecule has 4 rings (SSSR count). The van der Waals surface area contributed by atoms with E-state index in [1.807, 2.05) is 12.1 Å². The SMILES string of the molecule is COc1ccccc1[C@H]1OCC[C@@]23C[C@@H](C[C@H]12)C(C)(C)[C@@H]3NC(C)=O. The Morgan fingerprint density at radius 2 is 2.08 bits per heavy atom. The van der Waals surface area contributed by atoms with Crippen LogP contribution >= 0.6 is 0 Å². The minimum absolute atomic E-state index is 0.0576. The number of methoxy groups -OCH3 is 1. The number of nitrogens with one attached hydrogen (secondary N) is 1. The Labute approximate surface area is 150 Å². The molecule has 2 saturated carbocycles. The highest BCUT2D eigenvalue weighted by atomic mass is 16.5. The van der Waals surface area contributed by atoms with Crippen molar-refractivity contribution >= 4 is 5.91 Å². The Morgan fingerprint density at radius 1 is 1.32 bits per heavy atom. The van der Waals surface area contributed by atoms with Gasteiger partial charge in [-0.15, -0.1) is 0 Å². The van der Waals surface area contributed by atoms with Crippen molar-refractivity contribution in [2.75, 3.05) is 13.7 Å². The third-order valence-electron chi connectivity index (χ3n) is 7.30. The topological polar surface area (TPSA) is 47.6 Å². The van der Waals surface area contributed by atoms with Crippen molar-refractivity contribution in [3.63, 3.8) is 0 Å². The Balaban J connectivity index is 1.74. The number of hydrogen-bond donors (Lipinski definition) is 1. The first-order chi connectivity index (χ1) is 11.9. The monoisotopic (exact) mass is 343 g/mol. The lowest BCUT2D eigenvalue weighted by atomic mass is 9.58. The van der Waals surface area contributed by atoms with E-state index < -0.39 is 0 Å². The molecule has 4 heteroatoms. The predicted octanol–water partition coefficient (Wildman–Crippen LogP) is 3.71. The summed E-state index contributed by atoms with van der Waals surface area (Å²) in [7, 11) is 1.72. The molecule has 136 valence electrons. The molecule has 25 heavy (non-hydrogen) atoms. The van der Waals surface area contributed by atoms with Gasteiger partial charge in [-0.2, -0.15) is 0 Å². The maximum atomic E-state index is 11.9. The molecule has 1 amide bonds. The van der Waals surface area contributed by atoms with Crippen LogP contribution < -0.4 is 10.1 Å². The zero-order chi connectivity index (χ0) is 17.8. The van der Waals surface area contributed by atoms with Gasteiger partial charge in [-0.25, -0.2) is 0 Å². The summed E-state index contributed by atoms with van der Waals surface area (Å²) in [6.45, 7) is 7.05. The standard InChI is InChI=1S/C21H29NO3/c1-13(23)22-19-20(2,3)14-11-16-18(25-10-9-21(16,19)12-14)15-7-5-6-8-17(15)24-4/h5-8,14,16,18-19H,9-12H2,1-4H3,(H,22,23)/t14-,16-,18-,19+,21-/m1/s1. The largest absolute Gasteiger partial charge is 0.496 e. The van der Waals surface area contributed by atoms with E-state index in [-0.39, 0.29) is 28.9 Å². The summed E-state index contributed by atoms with van der Waals surface area (Å²) in [4.78, 5) is 11.9. The van der Waals surface area contributed by atoms with Gasteiger partial charge >= 0.3 is 0 Å². The van der Waals surface area contributed by atoms with Crippen LogP contribution in [0.3, 0.4) is 0 Å². The number of hydrogen-bond acceptors (Lipinski definition) is 3. The van der Waals surface area contributed by atoms with E-state index in [1.54, 1.807) is 14.0 Å². The van der Waals surface area contributed by atoms with Gasteiger partial charge in [0.2, 0.25) is 5.91 Å². The average molecular weight is 343 g/mol. The van der Waals surface area contributed by atoms with E-state index in [0.29, 0.717) is 11.8 Å². The van der Waals surface area contributed by atoms with E-state index in [4.69, 9.17) is 9.47 Å². The van der Waals surface area contributed by atoms with Crippen LogP contribution in [-0.2, 0) is 9.53 Å². The summed E-state index contributed by atoms with van der Waals surface area (Å²) in [6.07, 6.45) is 3.47. The average Bonchev–Trinajstić information content (AvgIpc) is 3.07. The number of carbonyl (C=O) groups excluding carboxylic acids is 1. The number of amides is 1. The van der Waals surface area contributed by atoms with Gasteiger partial charge in [0.05, 0.1) is 13.2 Å². The highest BCUT2D eigenvalue weighted by Gasteiger charge is 2.68. The lowest BCUT2D eigenvalue weighted by Crippen LogP contribution is -2.58. The smallest absolute Gasteiger partial charge is 0.217 e. The molecular weight excluding hydrogens is 314 g/mol. The first-order valence-corrected chi connectivity index (χ1v) is 9.42. The fourth-order valence-corrected chi connectivity index (χ4v) is 6.20. The summed E-state index contributed by atoms with van der Waals surface area (Å²) in [5, 5.41) is 3.33. The van der Waals surface area contributed by atoms with Crippen LogP contribution in [-0.4, -0.2) is 25.7 Å². The summed E-state index contributed by atoms with van der Waals surface area (Å²) < 4.78 is 11.9. The molecule has 0 unspecified atom stereocenters. The summed E-state index contributed by atoms with van der Waals surface area (Å²) in [5.74, 6) is 2.06. The fourth-order valence-electron chi connectivity index (χ4n) is 6.20. The highest BCUT2D eigenvalue weighted by molar-refractivity contribution is 5.73. The third kappa shape index (κ3) is 2.33. The minimum Gasteiger partial charge on any atom is -0.496 e. The van der Waals surface area contributed by atoms with Crippen LogP contribution in [0.1, 0.15) is 51.7 Å². The number of fused-ring (bicyclic) bond motifs is 1. The van der Waals surface area contributed by atoms with Gasteiger partial charge in [0, 0.05) is 25.1 Å². The summed E-state index contributed by atoms with van der Waals surface area (Å²) in [5.41, 5.74) is 1.44. The van der Waals surface area contributed by atoms with Crippen molar-refractivity contribution < 1.29 is 14.3 Å². The molecule has 1 spiro atoms. The van der Waals surface area contributed by atoms with Gasteiger partial charge in [-0.3, -0.25) is 4.79 Å². The molecule has 2 bridgehead atoms. The van der Waals surface area contributed by atoms with E-state index in [9.17, 15) is 4.79 Å². The van der Waals surface area contributed by atoms with E-state index in [0.717, 1.165) is 24.3 Å². The molecular formula is C21H29NO3. The Hall–Kier alpha value is -1.55. The highest BCUT2D eigenvalue weighted by Crippen LogP contribution is 2.70. The van der Waals surface area contributed by atoms with Crippen LogP contribution in [0.4, 0.5) is 0 Å². The second-order valence-electron chi connectivity index (χ2n) is 8.71. The quantitative estimate of drug-likeness (QED) is 0.910. The normalized spacial score (nSPS) is 38.2. The summed E-state index contributed by atoms with van der Waals surface area (Å²) in [6, 6.07) is 8.44. The Bertz CT molecular complexity index is 685. The lowest BCUT2D eigenvalue weighted by Gasteiger charge is -2.53. The van der Waals surface area contributed by atoms with Gasteiger partial charge in [-0.1, -0.05) is 32.0 Å². The number of rotatable bonds is 3. The van der Waals surface area contributed by atoms with Crippen molar-refractivity contribution in [2.45, 2.75) is 52.2 Å². The van der Waals surface area contributed by atoms with Gasteiger partial charge in [0.15, 0.2) is 0 Å². The number of benzene rings is 1.